The molecule has 1 aliphatic rings. The lowest BCUT2D eigenvalue weighted by Crippen LogP contribution is -2.35. The zero-order valence-corrected chi connectivity index (χ0v) is 7.18. The van der Waals surface area contributed by atoms with Gasteiger partial charge in [0.05, 0.1) is 0 Å². The molecule has 12 heavy (non-hydrogen) atoms. The highest BCUT2D eigenvalue weighted by Gasteiger charge is 2.24. The number of ether oxygens (including phenoxy) is 1. The summed E-state index contributed by atoms with van der Waals surface area (Å²) in [5.41, 5.74) is 0. The van der Waals surface area contributed by atoms with E-state index in [9.17, 15) is 9.18 Å². The van der Waals surface area contributed by atoms with Crippen molar-refractivity contribution < 1.29 is 13.9 Å². The Hall–Kier alpha value is -0.640. The van der Waals surface area contributed by atoms with Crippen LogP contribution in [-0.2, 0) is 9.53 Å². The van der Waals surface area contributed by atoms with Gasteiger partial charge in [0.2, 0.25) is 5.91 Å². The molecular weight excluding hydrogens is 161 g/mol. The van der Waals surface area contributed by atoms with Gasteiger partial charge in [-0.05, 0) is 19.3 Å². The van der Waals surface area contributed by atoms with Crippen molar-refractivity contribution in [2.75, 3.05) is 13.7 Å². The lowest BCUT2D eigenvalue weighted by atomic mass is 10.2. The van der Waals surface area contributed by atoms with Gasteiger partial charge >= 0.3 is 0 Å². The van der Waals surface area contributed by atoms with Gasteiger partial charge < -0.3 is 10.1 Å². The van der Waals surface area contributed by atoms with Gasteiger partial charge in [-0.25, -0.2) is 4.39 Å². The molecule has 0 aromatic rings. The van der Waals surface area contributed by atoms with Crippen LogP contribution in [0, 0.1) is 0 Å². The van der Waals surface area contributed by atoms with Crippen LogP contribution < -0.4 is 5.32 Å². The van der Waals surface area contributed by atoms with Crippen molar-refractivity contribution in [3.63, 3.8) is 0 Å². The Kier molecular flexibility index (Phi) is 3.47. The summed E-state index contributed by atoms with van der Waals surface area (Å²) in [4.78, 5) is 10.9. The largest absolute Gasteiger partial charge is 0.375 e. The molecule has 1 amide bonds. The van der Waals surface area contributed by atoms with Crippen LogP contribution in [0.15, 0.2) is 0 Å². The summed E-state index contributed by atoms with van der Waals surface area (Å²) in [5.74, 6) is -0.156. The van der Waals surface area contributed by atoms with Crippen LogP contribution in [0.25, 0.3) is 0 Å². The van der Waals surface area contributed by atoms with E-state index in [4.69, 9.17) is 0 Å². The summed E-state index contributed by atoms with van der Waals surface area (Å²) < 4.78 is 17.3. The Morgan fingerprint density at radius 1 is 1.67 bits per heavy atom. The predicted octanol–water partition coefficient (Wildman–Crippen LogP) is 0.640. The Bertz CT molecular complexity index is 163. The maximum Gasteiger partial charge on any atom is 0.246 e. The average Bonchev–Trinajstić information content (AvgIpc) is 2.36. The van der Waals surface area contributed by atoms with Gasteiger partial charge in [-0.2, -0.15) is 0 Å². The van der Waals surface area contributed by atoms with E-state index in [0.29, 0.717) is 12.8 Å². The Morgan fingerprint density at radius 2 is 2.42 bits per heavy atom. The number of nitrogens with one attached hydrogen (secondary N) is 1. The van der Waals surface area contributed by atoms with Gasteiger partial charge in [0.25, 0.3) is 0 Å². The summed E-state index contributed by atoms with van der Waals surface area (Å²) >= 11 is 0. The normalized spacial score (nSPS) is 28.8. The molecule has 2 unspecified atom stereocenters. The molecule has 0 radical (unpaired) electrons. The molecule has 0 aliphatic heterocycles. The van der Waals surface area contributed by atoms with Crippen molar-refractivity contribution in [2.45, 2.75) is 31.5 Å². The molecule has 0 heterocycles. The van der Waals surface area contributed by atoms with Crippen LogP contribution in [0.5, 0.6) is 0 Å². The summed E-state index contributed by atoms with van der Waals surface area (Å²) in [6.07, 6.45) is 1.03. The van der Waals surface area contributed by atoms with Gasteiger partial charge in [-0.15, -0.1) is 0 Å². The third-order valence-corrected chi connectivity index (χ3v) is 2.01. The molecule has 0 spiro atoms. The first-order valence-corrected chi connectivity index (χ1v) is 4.14. The van der Waals surface area contributed by atoms with Gasteiger partial charge in [0.1, 0.15) is 12.8 Å². The highest BCUT2D eigenvalue weighted by molar-refractivity contribution is 5.77. The molecule has 3 nitrogen and oxygen atoms in total. The molecule has 70 valence electrons. The molecule has 1 fully saturated rings. The lowest BCUT2D eigenvalue weighted by Gasteiger charge is -2.10. The number of carbonyl (C=O) groups excluding carboxylic acids is 1. The summed E-state index contributed by atoms with van der Waals surface area (Å²) in [7, 11) is 1.46. The molecule has 0 saturated heterocycles. The van der Waals surface area contributed by atoms with Crippen LogP contribution in [0.1, 0.15) is 19.3 Å². The van der Waals surface area contributed by atoms with Crippen molar-refractivity contribution in [3.8, 4) is 0 Å². The van der Waals surface area contributed by atoms with Crippen LogP contribution in [0.2, 0.25) is 0 Å². The fourth-order valence-electron chi connectivity index (χ4n) is 1.46. The second-order valence-electron chi connectivity index (χ2n) is 3.11. The van der Waals surface area contributed by atoms with E-state index in [1.54, 1.807) is 0 Å². The van der Waals surface area contributed by atoms with Gasteiger partial charge in [-0.3, -0.25) is 4.79 Å². The molecule has 1 aliphatic carbocycles. The minimum Gasteiger partial charge on any atom is -0.375 e. The fourth-order valence-corrected chi connectivity index (χ4v) is 1.46. The van der Waals surface area contributed by atoms with Gasteiger partial charge in [-0.1, -0.05) is 0 Å². The van der Waals surface area contributed by atoms with E-state index >= 15 is 0 Å². The van der Waals surface area contributed by atoms with E-state index in [1.165, 1.54) is 7.11 Å². The number of hydrogen-bond donors (Lipinski definition) is 1. The third kappa shape index (κ3) is 2.77. The van der Waals surface area contributed by atoms with E-state index in [0.717, 1.165) is 6.42 Å². The van der Waals surface area contributed by atoms with E-state index < -0.39 is 6.17 Å². The minimum absolute atomic E-state index is 0.0163. The number of halogens is 1. The van der Waals surface area contributed by atoms with Crippen molar-refractivity contribution in [2.24, 2.45) is 0 Å². The molecule has 2 atom stereocenters. The molecule has 1 rings (SSSR count). The Morgan fingerprint density at radius 3 is 2.92 bits per heavy atom. The van der Waals surface area contributed by atoms with Crippen molar-refractivity contribution in [3.05, 3.63) is 0 Å². The lowest BCUT2D eigenvalue weighted by molar-refractivity contribution is -0.125. The highest BCUT2D eigenvalue weighted by Crippen LogP contribution is 2.21. The van der Waals surface area contributed by atoms with E-state index in [-0.39, 0.29) is 18.6 Å². The topological polar surface area (TPSA) is 38.3 Å². The van der Waals surface area contributed by atoms with Crippen molar-refractivity contribution >= 4 is 5.91 Å². The van der Waals surface area contributed by atoms with Crippen LogP contribution in [-0.4, -0.2) is 31.8 Å². The van der Waals surface area contributed by atoms with Crippen LogP contribution >= 0.6 is 0 Å². The average molecular weight is 175 g/mol. The van der Waals surface area contributed by atoms with Crippen LogP contribution in [0.4, 0.5) is 4.39 Å². The molecule has 1 N–H and O–H groups in total. The SMILES string of the molecule is COCC(=O)NC1CCC(F)C1. The highest BCUT2D eigenvalue weighted by atomic mass is 19.1. The first-order valence-electron chi connectivity index (χ1n) is 4.14. The molecular formula is C8H14FNO2. The number of hydrogen-bond acceptors (Lipinski definition) is 2. The maximum absolute atomic E-state index is 12.6. The second kappa shape index (κ2) is 4.40. The van der Waals surface area contributed by atoms with Crippen LogP contribution in [0.3, 0.4) is 0 Å². The molecule has 1 saturated carbocycles. The third-order valence-electron chi connectivity index (χ3n) is 2.01. The number of carbonyl (C=O) groups is 1. The van der Waals surface area contributed by atoms with E-state index in [2.05, 4.69) is 10.1 Å². The van der Waals surface area contributed by atoms with Gasteiger partial charge in [0.15, 0.2) is 0 Å². The number of alkyl halides is 1. The summed E-state index contributed by atoms with van der Waals surface area (Å²) in [6.45, 7) is 0.0629. The quantitative estimate of drug-likeness (QED) is 0.683. The first kappa shape index (κ1) is 9.45. The Balaban J connectivity index is 2.18. The predicted molar refractivity (Wildman–Crippen MR) is 42.6 cm³/mol. The monoisotopic (exact) mass is 175 g/mol. The molecule has 0 aromatic heterocycles. The standard InChI is InChI=1S/C8H14FNO2/c1-12-5-8(11)10-7-3-2-6(9)4-7/h6-7H,2-5H2,1H3,(H,10,11). The smallest absolute Gasteiger partial charge is 0.246 e. The number of amides is 1. The minimum atomic E-state index is -0.738. The summed E-state index contributed by atoms with van der Waals surface area (Å²) in [6, 6.07) is 0.0163. The summed E-state index contributed by atoms with van der Waals surface area (Å²) in [5, 5.41) is 2.71. The fraction of sp³-hybridized carbons (Fsp3) is 0.875. The molecule has 0 aromatic carbocycles. The van der Waals surface area contributed by atoms with Crippen molar-refractivity contribution in [1.82, 2.24) is 5.32 Å². The maximum atomic E-state index is 12.6. The van der Waals surface area contributed by atoms with E-state index in [1.807, 2.05) is 0 Å². The van der Waals surface area contributed by atoms with Crippen molar-refractivity contribution in [1.29, 1.82) is 0 Å². The van der Waals surface area contributed by atoms with Gasteiger partial charge in [0, 0.05) is 13.2 Å². The Labute approximate surface area is 71.3 Å². The molecule has 4 heteroatoms. The number of methoxy groups -OCH3 is 1. The first-order chi connectivity index (χ1) is 5.72. The zero-order valence-electron chi connectivity index (χ0n) is 7.18. The molecule has 0 bridgehead atoms. The number of rotatable bonds is 3. The zero-order chi connectivity index (χ0) is 8.97. The second-order valence-corrected chi connectivity index (χ2v) is 3.11.